The lowest BCUT2D eigenvalue weighted by molar-refractivity contribution is -0.139. The van der Waals surface area contributed by atoms with Gasteiger partial charge in [0.05, 0.1) is 41.6 Å². The van der Waals surface area contributed by atoms with E-state index in [1.54, 1.807) is 41.7 Å². The molecule has 3 aromatic heterocycles. The number of fused-ring (bicyclic) bond motifs is 2. The van der Waals surface area contributed by atoms with Crippen LogP contribution in [0.5, 0.6) is 0 Å². The number of anilines is 1. The second kappa shape index (κ2) is 24.2. The number of amides is 5. The molecule has 2 aromatic carbocycles. The largest absolute Gasteiger partial charge is 0.481 e. The van der Waals surface area contributed by atoms with E-state index in [2.05, 4.69) is 50.9 Å². The van der Waals surface area contributed by atoms with E-state index in [0.29, 0.717) is 74.9 Å². The van der Waals surface area contributed by atoms with Gasteiger partial charge in [-0.3, -0.25) is 29.1 Å². The molecule has 6 N–H and O–H groups in total. The van der Waals surface area contributed by atoms with Gasteiger partial charge in [0, 0.05) is 75.2 Å². The highest BCUT2D eigenvalue weighted by molar-refractivity contribution is 8.00. The Labute approximate surface area is 403 Å². The van der Waals surface area contributed by atoms with Crippen LogP contribution in [-0.2, 0) is 43.5 Å². The van der Waals surface area contributed by atoms with E-state index in [4.69, 9.17) is 9.84 Å². The van der Waals surface area contributed by atoms with Crippen LogP contribution in [0.3, 0.4) is 0 Å². The molecule has 0 aliphatic carbocycles. The lowest BCUT2D eigenvalue weighted by Crippen LogP contribution is -2.45. The van der Waals surface area contributed by atoms with E-state index in [1.165, 1.54) is 4.68 Å². The predicted octanol–water partition coefficient (Wildman–Crippen LogP) is 5.96. The minimum absolute atomic E-state index is 0.132. The Morgan fingerprint density at radius 1 is 0.870 bits per heavy atom. The summed E-state index contributed by atoms with van der Waals surface area (Å²) >= 11 is 0.736. The van der Waals surface area contributed by atoms with E-state index in [0.717, 1.165) is 44.9 Å². The zero-order valence-corrected chi connectivity index (χ0v) is 40.6. The molecule has 0 bridgehead atoms. The fraction of sp³-hybridized carbons (Fsp3) is 0.375. The van der Waals surface area contributed by atoms with E-state index < -0.39 is 62.2 Å². The van der Waals surface area contributed by atoms with Gasteiger partial charge in [0.2, 0.25) is 11.8 Å². The second-order valence-electron chi connectivity index (χ2n) is 17.7. The number of hydrogen-bond acceptors (Lipinski definition) is 12. The van der Waals surface area contributed by atoms with Gasteiger partial charge in [-0.1, -0.05) is 62.8 Å². The van der Waals surface area contributed by atoms with Crippen LogP contribution in [0.4, 0.5) is 15.3 Å². The van der Waals surface area contributed by atoms with Crippen LogP contribution < -0.4 is 26.8 Å². The fourth-order valence-corrected chi connectivity index (χ4v) is 9.23. The van der Waals surface area contributed by atoms with Crippen LogP contribution in [0.2, 0.25) is 25.7 Å². The summed E-state index contributed by atoms with van der Waals surface area (Å²) < 4.78 is 6.58. The lowest BCUT2D eigenvalue weighted by Gasteiger charge is -2.19. The third kappa shape index (κ3) is 15.2. The molecule has 6 rings (SSSR count). The number of rotatable bonds is 23. The van der Waals surface area contributed by atoms with Crippen LogP contribution in [0, 0.1) is 0 Å². The van der Waals surface area contributed by atoms with Gasteiger partial charge < -0.3 is 41.1 Å². The average Bonchev–Trinajstić information content (AvgIpc) is 3.76. The van der Waals surface area contributed by atoms with Crippen LogP contribution >= 0.6 is 11.8 Å². The van der Waals surface area contributed by atoms with E-state index in [-0.39, 0.29) is 24.0 Å². The fourth-order valence-electron chi connectivity index (χ4n) is 7.37. The summed E-state index contributed by atoms with van der Waals surface area (Å²) in [5.74, 6) is -4.27. The van der Waals surface area contributed by atoms with E-state index in [1.807, 2.05) is 48.5 Å². The number of carbonyl (C=O) groups is 6. The molecule has 5 amide bonds. The van der Waals surface area contributed by atoms with Crippen molar-refractivity contribution in [3.63, 3.8) is 0 Å². The first-order chi connectivity index (χ1) is 33.0. The number of carboxylic acids is 2. The molecule has 5 aromatic rings. The number of aryl methyl sites for hydroxylation is 1. The van der Waals surface area contributed by atoms with Gasteiger partial charge in [-0.05, 0) is 72.0 Å². The maximum atomic E-state index is 14.1. The Kier molecular flexibility index (Phi) is 18.0. The minimum Gasteiger partial charge on any atom is -0.481 e. The molecule has 0 saturated carbocycles. The Bertz CT molecular complexity index is 2680. The van der Waals surface area contributed by atoms with Crippen molar-refractivity contribution in [1.29, 1.82) is 0 Å². The molecule has 21 heteroatoms. The molecule has 69 heavy (non-hydrogen) atoms. The highest BCUT2D eigenvalue weighted by Crippen LogP contribution is 2.29. The van der Waals surface area contributed by atoms with Crippen molar-refractivity contribution >= 4 is 72.3 Å². The zero-order chi connectivity index (χ0) is 49.5. The molecular formula is C48H57N9O10SSi. The number of benzene rings is 2. The maximum Gasteiger partial charge on any atom is 0.407 e. The molecule has 2 unspecified atom stereocenters. The van der Waals surface area contributed by atoms with Crippen molar-refractivity contribution in [3.05, 3.63) is 107 Å². The summed E-state index contributed by atoms with van der Waals surface area (Å²) in [5.41, 5.74) is 5.69. The summed E-state index contributed by atoms with van der Waals surface area (Å²) in [7, 11) is -1.50. The summed E-state index contributed by atoms with van der Waals surface area (Å²) in [5, 5.41) is 33.7. The number of alkyl carbamates (subject to hydrolysis) is 1. The van der Waals surface area contributed by atoms with Crippen molar-refractivity contribution in [2.24, 2.45) is 0 Å². The molecule has 1 aliphatic rings. The van der Waals surface area contributed by atoms with E-state index in [9.17, 15) is 43.8 Å². The standard InChI is InChI=1S/C48H57N9O10SSi/c1-69(2,3)23-22-67-48(66)54-40(46(63)64)30-68-41(25-43(59)60)44(61)52-27-42(58)51-18-6-4-5-7-21-57-45(62)37(35-10-8-12-38-36(35)11-9-19-50-38)24-39(55-57)31-13-15-34(16-14-31)53-47(65)56-28-32-17-20-49-26-33(32)29-56/h8-17,19-20,24,26,40-41H,4-7,18,21-23,25,27-30H2,1-3H3,(H,51,58)(H,52,61)(H,53,65)(H,54,66)(H,59,60)(H,63,64). The van der Waals surface area contributed by atoms with Crippen molar-refractivity contribution in [2.75, 3.05) is 30.8 Å². The van der Waals surface area contributed by atoms with Crippen molar-refractivity contribution in [1.82, 2.24) is 40.6 Å². The molecule has 4 heterocycles. The third-order valence-electron chi connectivity index (χ3n) is 11.2. The number of urea groups is 1. The molecule has 0 spiro atoms. The summed E-state index contributed by atoms with van der Waals surface area (Å²) in [6.45, 7) is 7.60. The number of carboxylic acid groups (broad SMARTS) is 2. The number of aliphatic carboxylic acids is 2. The van der Waals surface area contributed by atoms with Gasteiger partial charge >= 0.3 is 24.1 Å². The Morgan fingerprint density at radius 3 is 2.38 bits per heavy atom. The molecule has 1 aliphatic heterocycles. The number of pyridine rings is 2. The number of thioether (sulfide) groups is 1. The third-order valence-corrected chi connectivity index (χ3v) is 14.2. The number of nitrogens with one attached hydrogen (secondary N) is 4. The summed E-state index contributed by atoms with van der Waals surface area (Å²) in [6.07, 6.45) is 6.26. The van der Waals surface area contributed by atoms with Crippen LogP contribution in [0.15, 0.2) is 90.1 Å². The Balaban J connectivity index is 0.991. The molecular weight excluding hydrogens is 923 g/mol. The van der Waals surface area contributed by atoms with Crippen molar-refractivity contribution in [2.45, 2.75) is 88.7 Å². The number of hydrogen-bond donors (Lipinski definition) is 6. The monoisotopic (exact) mass is 979 g/mol. The minimum atomic E-state index is -1.50. The normalized spacial score (nSPS) is 12.9. The van der Waals surface area contributed by atoms with Gasteiger partial charge in [0.1, 0.15) is 6.04 Å². The Morgan fingerprint density at radius 2 is 1.64 bits per heavy atom. The number of nitrogens with zero attached hydrogens (tertiary/aromatic N) is 5. The van der Waals surface area contributed by atoms with Crippen molar-refractivity contribution in [3.8, 4) is 22.4 Å². The average molecular weight is 980 g/mol. The predicted molar refractivity (Wildman–Crippen MR) is 264 cm³/mol. The topological polar surface area (TPSA) is 264 Å². The Hall–Kier alpha value is -7.13. The zero-order valence-electron chi connectivity index (χ0n) is 38.7. The van der Waals surface area contributed by atoms with Gasteiger partial charge in [0.25, 0.3) is 5.56 Å². The molecule has 2 atom stereocenters. The quantitative estimate of drug-likeness (QED) is 0.0326. The first kappa shape index (κ1) is 51.3. The molecule has 364 valence electrons. The highest BCUT2D eigenvalue weighted by Gasteiger charge is 2.28. The SMILES string of the molecule is C[Si](C)(C)CCOC(=O)NC(CSC(CC(=O)O)C(=O)NCC(=O)NCCCCCCn1nc(-c2ccc(NC(=O)N3Cc4ccncc4C3)cc2)cc(-c2cccc3ncccc23)c1=O)C(=O)O. The highest BCUT2D eigenvalue weighted by atomic mass is 32.2. The molecule has 0 radical (unpaired) electrons. The van der Waals surface area contributed by atoms with Gasteiger partial charge in [-0.2, -0.15) is 5.10 Å². The smallest absolute Gasteiger partial charge is 0.407 e. The van der Waals surface area contributed by atoms with E-state index >= 15 is 0 Å². The van der Waals surface area contributed by atoms with Gasteiger partial charge in [-0.25, -0.2) is 19.1 Å². The molecule has 0 saturated heterocycles. The van der Waals surface area contributed by atoms with Crippen LogP contribution in [0.25, 0.3) is 33.3 Å². The summed E-state index contributed by atoms with van der Waals surface area (Å²) in [4.78, 5) is 98.6. The van der Waals surface area contributed by atoms with Crippen molar-refractivity contribution < 1.29 is 43.7 Å². The number of aromatic nitrogens is 4. The number of unbranched alkanes of at least 4 members (excludes halogenated alkanes) is 3. The van der Waals surface area contributed by atoms with Gasteiger partial charge in [-0.15, -0.1) is 11.8 Å². The van der Waals surface area contributed by atoms with Gasteiger partial charge in [0.15, 0.2) is 0 Å². The lowest BCUT2D eigenvalue weighted by atomic mass is 10.00. The number of carbonyl (C=O) groups excluding carboxylic acids is 4. The second-order valence-corrected chi connectivity index (χ2v) is 24.6. The maximum absolute atomic E-state index is 14.1. The molecule has 19 nitrogen and oxygen atoms in total. The summed E-state index contributed by atoms with van der Waals surface area (Å²) in [6, 6.07) is 19.4. The first-order valence-electron chi connectivity index (χ1n) is 22.6. The van der Waals surface area contributed by atoms with Crippen LogP contribution in [0.1, 0.15) is 43.2 Å². The number of ether oxygens (including phenoxy) is 1. The first-order valence-corrected chi connectivity index (χ1v) is 27.4. The van der Waals surface area contributed by atoms with Crippen LogP contribution in [-0.4, -0.2) is 116 Å². The molecule has 0 fully saturated rings.